The number of H-pyrrole nitrogens is 1. The first-order chi connectivity index (χ1) is 8.74. The van der Waals surface area contributed by atoms with Crippen LogP contribution in [0.25, 0.3) is 11.0 Å². The molecule has 1 aromatic heterocycles. The van der Waals surface area contributed by atoms with Crippen molar-refractivity contribution in [3.63, 3.8) is 0 Å². The first kappa shape index (κ1) is 11.2. The fourth-order valence-electron chi connectivity index (χ4n) is 1.88. The summed E-state index contributed by atoms with van der Waals surface area (Å²) in [4.78, 5) is 19.5. The van der Waals surface area contributed by atoms with Gasteiger partial charge in [0.15, 0.2) is 10.5 Å². The monoisotopic (exact) mass is 300 g/mol. The van der Waals surface area contributed by atoms with Crippen molar-refractivity contribution in [3.05, 3.63) is 64.4 Å². The molecule has 1 N–H and O–H groups in total. The number of carbonyl (C=O) groups is 1. The van der Waals surface area contributed by atoms with Crippen LogP contribution in [0.15, 0.2) is 53.3 Å². The molecule has 0 amide bonds. The summed E-state index contributed by atoms with van der Waals surface area (Å²) < 4.78 is 0.668. The van der Waals surface area contributed by atoms with Crippen molar-refractivity contribution in [3.8, 4) is 0 Å². The van der Waals surface area contributed by atoms with Crippen molar-refractivity contribution in [2.45, 2.75) is 0 Å². The third-order valence-electron chi connectivity index (χ3n) is 2.75. The lowest BCUT2D eigenvalue weighted by atomic mass is 10.0. The zero-order valence-corrected chi connectivity index (χ0v) is 10.9. The number of rotatable bonds is 2. The Morgan fingerprint density at radius 3 is 2.61 bits per heavy atom. The Morgan fingerprint density at radius 1 is 1.06 bits per heavy atom. The molecule has 0 atom stereocenters. The van der Waals surface area contributed by atoms with Crippen LogP contribution < -0.4 is 0 Å². The Morgan fingerprint density at radius 2 is 1.83 bits per heavy atom. The lowest BCUT2D eigenvalue weighted by Gasteiger charge is -2.00. The summed E-state index contributed by atoms with van der Waals surface area (Å²) in [7, 11) is 0. The third kappa shape index (κ3) is 1.95. The fourth-order valence-corrected chi connectivity index (χ4v) is 2.28. The number of halogens is 1. The van der Waals surface area contributed by atoms with Gasteiger partial charge in [-0.3, -0.25) is 4.79 Å². The van der Waals surface area contributed by atoms with Gasteiger partial charge in [0.05, 0.1) is 11.0 Å². The van der Waals surface area contributed by atoms with E-state index in [1.807, 2.05) is 42.5 Å². The average molecular weight is 301 g/mol. The molecule has 88 valence electrons. The smallest absolute Gasteiger partial charge is 0.193 e. The maximum atomic E-state index is 12.3. The third-order valence-corrected chi connectivity index (χ3v) is 3.13. The molecule has 2 aromatic carbocycles. The van der Waals surface area contributed by atoms with Gasteiger partial charge in [0.2, 0.25) is 0 Å². The second-order valence-corrected chi connectivity index (χ2v) is 4.71. The number of aromatic amines is 1. The molecule has 3 nitrogen and oxygen atoms in total. The molecule has 0 unspecified atom stereocenters. The molecular weight excluding hydrogens is 292 g/mol. The number of hydrogen-bond acceptors (Lipinski definition) is 2. The molecule has 0 aliphatic rings. The van der Waals surface area contributed by atoms with E-state index in [1.54, 1.807) is 6.07 Å². The molecular formula is C14H9BrN2O. The summed E-state index contributed by atoms with van der Waals surface area (Å²) in [6, 6.07) is 14.7. The molecule has 0 saturated heterocycles. The molecule has 18 heavy (non-hydrogen) atoms. The van der Waals surface area contributed by atoms with Crippen LogP contribution in [-0.4, -0.2) is 15.8 Å². The molecule has 0 radical (unpaired) electrons. The number of imidazole rings is 1. The molecule has 0 spiro atoms. The van der Waals surface area contributed by atoms with E-state index in [2.05, 4.69) is 25.9 Å². The van der Waals surface area contributed by atoms with Crippen LogP contribution in [0.2, 0.25) is 0 Å². The molecule has 3 aromatic rings. The summed E-state index contributed by atoms with van der Waals surface area (Å²) >= 11 is 3.28. The number of aromatic nitrogens is 2. The largest absolute Gasteiger partial charge is 0.332 e. The van der Waals surface area contributed by atoms with Crippen LogP contribution >= 0.6 is 15.9 Å². The fraction of sp³-hybridized carbons (Fsp3) is 0. The molecule has 0 saturated carbocycles. The van der Waals surface area contributed by atoms with E-state index in [0.29, 0.717) is 15.9 Å². The highest BCUT2D eigenvalue weighted by Gasteiger charge is 2.10. The molecule has 0 fully saturated rings. The number of carbonyl (C=O) groups excluding carboxylic acids is 1. The first-order valence-corrected chi connectivity index (χ1v) is 6.28. The van der Waals surface area contributed by atoms with Gasteiger partial charge in [0.1, 0.15) is 0 Å². The van der Waals surface area contributed by atoms with E-state index in [1.165, 1.54) is 0 Å². The van der Waals surface area contributed by atoms with Gasteiger partial charge in [-0.25, -0.2) is 4.98 Å². The van der Waals surface area contributed by atoms with Gasteiger partial charge in [-0.1, -0.05) is 30.3 Å². The Bertz CT molecular complexity index is 719. The number of nitrogens with one attached hydrogen (secondary N) is 1. The molecule has 0 aliphatic carbocycles. The van der Waals surface area contributed by atoms with Gasteiger partial charge in [-0.05, 0) is 34.1 Å². The lowest BCUT2D eigenvalue weighted by molar-refractivity contribution is 0.103. The molecule has 0 bridgehead atoms. The van der Waals surface area contributed by atoms with Crippen molar-refractivity contribution >= 4 is 32.7 Å². The highest BCUT2D eigenvalue weighted by molar-refractivity contribution is 9.10. The van der Waals surface area contributed by atoms with Gasteiger partial charge in [-0.2, -0.15) is 0 Å². The van der Waals surface area contributed by atoms with Crippen molar-refractivity contribution in [2.75, 3.05) is 0 Å². The van der Waals surface area contributed by atoms with E-state index in [0.717, 1.165) is 11.0 Å². The summed E-state index contributed by atoms with van der Waals surface area (Å²) in [5.74, 6) is 0.0169. The minimum atomic E-state index is 0.0169. The zero-order chi connectivity index (χ0) is 12.5. The van der Waals surface area contributed by atoms with E-state index < -0.39 is 0 Å². The molecule has 1 heterocycles. The van der Waals surface area contributed by atoms with E-state index >= 15 is 0 Å². The maximum absolute atomic E-state index is 12.3. The highest BCUT2D eigenvalue weighted by Crippen LogP contribution is 2.18. The Balaban J connectivity index is 2.06. The Labute approximate surface area is 112 Å². The maximum Gasteiger partial charge on any atom is 0.193 e. The zero-order valence-electron chi connectivity index (χ0n) is 9.35. The minimum absolute atomic E-state index is 0.0169. The molecule has 3 rings (SSSR count). The van der Waals surface area contributed by atoms with Gasteiger partial charge < -0.3 is 4.98 Å². The SMILES string of the molecule is O=C(c1ccccc1)c1ccc2nc(Br)[nH]c2c1. The van der Waals surface area contributed by atoms with Crippen LogP contribution in [0, 0.1) is 0 Å². The predicted molar refractivity (Wildman–Crippen MR) is 73.7 cm³/mol. The normalized spacial score (nSPS) is 10.7. The van der Waals surface area contributed by atoms with Gasteiger partial charge >= 0.3 is 0 Å². The lowest BCUT2D eigenvalue weighted by Crippen LogP contribution is -2.00. The Kier molecular flexibility index (Phi) is 2.72. The van der Waals surface area contributed by atoms with E-state index in [9.17, 15) is 4.79 Å². The quantitative estimate of drug-likeness (QED) is 0.736. The van der Waals surface area contributed by atoms with Gasteiger partial charge in [0, 0.05) is 11.1 Å². The molecule has 0 aliphatic heterocycles. The van der Waals surface area contributed by atoms with Crippen LogP contribution in [-0.2, 0) is 0 Å². The van der Waals surface area contributed by atoms with Crippen molar-refractivity contribution in [2.24, 2.45) is 0 Å². The van der Waals surface area contributed by atoms with Gasteiger partial charge in [0.25, 0.3) is 0 Å². The second-order valence-electron chi connectivity index (χ2n) is 3.95. The van der Waals surface area contributed by atoms with E-state index in [-0.39, 0.29) is 5.78 Å². The van der Waals surface area contributed by atoms with Crippen LogP contribution in [0.1, 0.15) is 15.9 Å². The number of hydrogen-bond donors (Lipinski definition) is 1. The minimum Gasteiger partial charge on any atom is -0.332 e. The topological polar surface area (TPSA) is 45.8 Å². The summed E-state index contributed by atoms with van der Waals surface area (Å²) in [6.07, 6.45) is 0. The number of fused-ring (bicyclic) bond motifs is 1. The highest BCUT2D eigenvalue weighted by atomic mass is 79.9. The van der Waals surface area contributed by atoms with Crippen molar-refractivity contribution < 1.29 is 4.79 Å². The number of ketones is 1. The second kappa shape index (κ2) is 4.38. The first-order valence-electron chi connectivity index (χ1n) is 5.49. The summed E-state index contributed by atoms with van der Waals surface area (Å²) in [5.41, 5.74) is 3.04. The van der Waals surface area contributed by atoms with Crippen molar-refractivity contribution in [1.29, 1.82) is 0 Å². The van der Waals surface area contributed by atoms with Crippen LogP contribution in [0.3, 0.4) is 0 Å². The number of nitrogens with zero attached hydrogens (tertiary/aromatic N) is 1. The standard InChI is InChI=1S/C14H9BrN2O/c15-14-16-11-7-6-10(8-12(11)17-14)13(18)9-4-2-1-3-5-9/h1-8H,(H,16,17). The molecule has 4 heteroatoms. The van der Waals surface area contributed by atoms with Gasteiger partial charge in [-0.15, -0.1) is 0 Å². The van der Waals surface area contributed by atoms with Crippen LogP contribution in [0.5, 0.6) is 0 Å². The van der Waals surface area contributed by atoms with Crippen molar-refractivity contribution in [1.82, 2.24) is 9.97 Å². The predicted octanol–water partition coefficient (Wildman–Crippen LogP) is 3.56. The number of benzene rings is 2. The summed E-state index contributed by atoms with van der Waals surface area (Å²) in [5, 5.41) is 0. The average Bonchev–Trinajstić information content (AvgIpc) is 2.78. The summed E-state index contributed by atoms with van der Waals surface area (Å²) in [6.45, 7) is 0. The van der Waals surface area contributed by atoms with E-state index in [4.69, 9.17) is 0 Å². The Hall–Kier alpha value is -1.94. The van der Waals surface area contributed by atoms with Crippen LogP contribution in [0.4, 0.5) is 0 Å².